The maximum absolute atomic E-state index is 12.5. The van der Waals surface area contributed by atoms with Crippen molar-refractivity contribution in [2.24, 2.45) is 0 Å². The van der Waals surface area contributed by atoms with Crippen LogP contribution in [0.15, 0.2) is 66.2 Å². The Morgan fingerprint density at radius 2 is 1.81 bits per heavy atom. The zero-order valence-corrected chi connectivity index (χ0v) is 20.1. The molecule has 0 fully saturated rings. The minimum absolute atomic E-state index is 0.0353. The Balaban J connectivity index is 1.92. The van der Waals surface area contributed by atoms with Gasteiger partial charge in [0.15, 0.2) is 11.5 Å². The van der Waals surface area contributed by atoms with Gasteiger partial charge in [0.05, 0.1) is 27.5 Å². The van der Waals surface area contributed by atoms with Crippen molar-refractivity contribution in [2.75, 3.05) is 6.61 Å². The molecule has 0 saturated carbocycles. The highest BCUT2D eigenvalue weighted by Crippen LogP contribution is 2.43. The Bertz CT molecular complexity index is 1420. The molecular formula is C25H19ClN4O7. The molecule has 0 unspecified atom stereocenters. The van der Waals surface area contributed by atoms with Gasteiger partial charge in [0.25, 0.3) is 11.6 Å². The molecule has 1 amide bonds. The SMILES string of the molecule is CCOc1cc(/C=C(\C#N)C(=O)NCc2ccccc2)cc(Cl)c1Oc1ccc([N+](=O)[O-])cc1[N+](=O)[O-]. The Morgan fingerprint density at radius 3 is 2.43 bits per heavy atom. The number of carbonyl (C=O) groups is 1. The van der Waals surface area contributed by atoms with Crippen molar-refractivity contribution >= 4 is 35.0 Å². The van der Waals surface area contributed by atoms with Crippen molar-refractivity contribution in [3.05, 3.63) is 103 Å². The standard InChI is InChI=1S/C25H19ClN4O7/c1-2-36-23-12-17(10-18(14-27)25(31)28-15-16-6-4-3-5-7-16)11-20(26)24(23)37-22-9-8-19(29(32)33)13-21(22)30(34)35/h3-13H,2,15H2,1H3,(H,28,31)/b18-10+. The number of halogens is 1. The summed E-state index contributed by atoms with van der Waals surface area (Å²) < 4.78 is 11.2. The van der Waals surface area contributed by atoms with E-state index in [1.807, 2.05) is 36.4 Å². The Kier molecular flexibility index (Phi) is 8.75. The quantitative estimate of drug-likeness (QED) is 0.156. The maximum atomic E-state index is 12.5. The van der Waals surface area contributed by atoms with Crippen LogP contribution in [0.25, 0.3) is 6.08 Å². The van der Waals surface area contributed by atoms with Gasteiger partial charge in [0.1, 0.15) is 11.6 Å². The molecule has 37 heavy (non-hydrogen) atoms. The summed E-state index contributed by atoms with van der Waals surface area (Å²) in [5.74, 6) is -0.887. The minimum atomic E-state index is -0.819. The molecule has 3 aromatic carbocycles. The number of carbonyl (C=O) groups excluding carboxylic acids is 1. The van der Waals surface area contributed by atoms with Gasteiger partial charge < -0.3 is 14.8 Å². The number of hydrogen-bond donors (Lipinski definition) is 1. The number of nitriles is 1. The van der Waals surface area contributed by atoms with Crippen LogP contribution in [0.3, 0.4) is 0 Å². The van der Waals surface area contributed by atoms with Gasteiger partial charge >= 0.3 is 5.69 Å². The number of hydrogen-bond acceptors (Lipinski definition) is 8. The number of rotatable bonds is 10. The number of non-ortho nitro benzene ring substituents is 1. The summed E-state index contributed by atoms with van der Waals surface area (Å²) in [5, 5.41) is 34.6. The van der Waals surface area contributed by atoms with Crippen molar-refractivity contribution in [3.63, 3.8) is 0 Å². The van der Waals surface area contributed by atoms with Crippen LogP contribution in [0.2, 0.25) is 5.02 Å². The van der Waals surface area contributed by atoms with E-state index in [2.05, 4.69) is 5.32 Å². The summed E-state index contributed by atoms with van der Waals surface area (Å²) in [5.41, 5.74) is -0.111. The first kappa shape index (κ1) is 26.7. The average molecular weight is 523 g/mol. The summed E-state index contributed by atoms with van der Waals surface area (Å²) in [7, 11) is 0. The first-order valence-corrected chi connectivity index (χ1v) is 11.1. The van der Waals surface area contributed by atoms with E-state index in [-0.39, 0.29) is 41.0 Å². The molecule has 0 heterocycles. The summed E-state index contributed by atoms with van der Waals surface area (Å²) in [6.45, 7) is 2.08. The first-order valence-electron chi connectivity index (χ1n) is 10.7. The lowest BCUT2D eigenvalue weighted by atomic mass is 10.1. The van der Waals surface area contributed by atoms with Crippen molar-refractivity contribution in [3.8, 4) is 23.3 Å². The zero-order valence-electron chi connectivity index (χ0n) is 19.3. The number of benzene rings is 3. The van der Waals surface area contributed by atoms with Gasteiger partial charge in [-0.2, -0.15) is 5.26 Å². The van der Waals surface area contributed by atoms with E-state index in [9.17, 15) is 30.3 Å². The first-order chi connectivity index (χ1) is 17.7. The monoisotopic (exact) mass is 522 g/mol. The molecule has 0 bridgehead atoms. The normalized spacial score (nSPS) is 10.8. The number of nitrogens with zero attached hydrogens (tertiary/aromatic N) is 3. The number of nitro benzene ring substituents is 2. The van der Waals surface area contributed by atoms with Gasteiger partial charge in [0, 0.05) is 12.6 Å². The third-order valence-electron chi connectivity index (χ3n) is 4.87. The van der Waals surface area contributed by atoms with Gasteiger partial charge in [-0.05, 0) is 42.3 Å². The predicted octanol–water partition coefficient (Wildman–Crippen LogP) is 5.57. The van der Waals surface area contributed by atoms with Crippen molar-refractivity contribution < 1.29 is 24.1 Å². The average Bonchev–Trinajstić information content (AvgIpc) is 2.88. The van der Waals surface area contributed by atoms with Gasteiger partial charge in [-0.3, -0.25) is 25.0 Å². The van der Waals surface area contributed by atoms with Crippen LogP contribution >= 0.6 is 11.6 Å². The molecule has 0 aliphatic heterocycles. The molecule has 0 spiro atoms. The largest absolute Gasteiger partial charge is 0.490 e. The molecule has 1 N–H and O–H groups in total. The fourth-order valence-electron chi connectivity index (χ4n) is 3.18. The number of nitro groups is 2. The minimum Gasteiger partial charge on any atom is -0.490 e. The lowest BCUT2D eigenvalue weighted by molar-refractivity contribution is -0.394. The molecular weight excluding hydrogens is 504 g/mol. The van der Waals surface area contributed by atoms with E-state index in [0.717, 1.165) is 23.8 Å². The fraction of sp³-hybridized carbons (Fsp3) is 0.120. The molecule has 0 aromatic heterocycles. The molecule has 0 aliphatic carbocycles. The Labute approximate surface area is 215 Å². The fourth-order valence-corrected chi connectivity index (χ4v) is 3.44. The zero-order chi connectivity index (χ0) is 26.9. The lowest BCUT2D eigenvalue weighted by Gasteiger charge is -2.14. The molecule has 3 rings (SSSR count). The van der Waals surface area contributed by atoms with E-state index < -0.39 is 27.1 Å². The van der Waals surface area contributed by atoms with E-state index in [1.165, 1.54) is 18.2 Å². The Hall–Kier alpha value is -4.95. The van der Waals surface area contributed by atoms with Gasteiger partial charge in [-0.25, -0.2) is 0 Å². The van der Waals surface area contributed by atoms with Crippen molar-refractivity contribution in [2.45, 2.75) is 13.5 Å². The summed E-state index contributed by atoms with van der Waals surface area (Å²) in [6, 6.07) is 16.8. The number of nitrogens with one attached hydrogen (secondary N) is 1. The van der Waals surface area contributed by atoms with Crippen LogP contribution in [-0.2, 0) is 11.3 Å². The van der Waals surface area contributed by atoms with E-state index in [4.69, 9.17) is 21.1 Å². The smallest absolute Gasteiger partial charge is 0.318 e. The molecule has 0 saturated heterocycles. The highest BCUT2D eigenvalue weighted by atomic mass is 35.5. The van der Waals surface area contributed by atoms with Gasteiger partial charge in [-0.15, -0.1) is 0 Å². The highest BCUT2D eigenvalue weighted by Gasteiger charge is 2.24. The van der Waals surface area contributed by atoms with Gasteiger partial charge in [0.2, 0.25) is 5.75 Å². The molecule has 11 nitrogen and oxygen atoms in total. The van der Waals surface area contributed by atoms with E-state index >= 15 is 0 Å². The number of ether oxygens (including phenoxy) is 2. The van der Waals surface area contributed by atoms with Crippen LogP contribution in [0.5, 0.6) is 17.2 Å². The van der Waals surface area contributed by atoms with Crippen LogP contribution < -0.4 is 14.8 Å². The summed E-state index contributed by atoms with van der Waals surface area (Å²) in [4.78, 5) is 33.4. The summed E-state index contributed by atoms with van der Waals surface area (Å²) >= 11 is 6.39. The third-order valence-corrected chi connectivity index (χ3v) is 5.15. The molecule has 188 valence electrons. The molecule has 12 heteroatoms. The molecule has 0 aliphatic rings. The van der Waals surface area contributed by atoms with Crippen LogP contribution in [0.1, 0.15) is 18.1 Å². The molecule has 0 atom stereocenters. The van der Waals surface area contributed by atoms with Crippen molar-refractivity contribution in [1.29, 1.82) is 5.26 Å². The van der Waals surface area contributed by atoms with Crippen LogP contribution in [-0.4, -0.2) is 22.4 Å². The molecule has 0 radical (unpaired) electrons. The van der Waals surface area contributed by atoms with Crippen molar-refractivity contribution in [1.82, 2.24) is 5.32 Å². The lowest BCUT2D eigenvalue weighted by Crippen LogP contribution is -2.23. The summed E-state index contributed by atoms with van der Waals surface area (Å²) in [6.07, 6.45) is 1.31. The van der Waals surface area contributed by atoms with Crippen LogP contribution in [0.4, 0.5) is 11.4 Å². The Morgan fingerprint density at radius 1 is 1.08 bits per heavy atom. The topological polar surface area (TPSA) is 158 Å². The number of amides is 1. The van der Waals surface area contributed by atoms with E-state index in [0.29, 0.717) is 5.56 Å². The molecule has 3 aromatic rings. The highest BCUT2D eigenvalue weighted by molar-refractivity contribution is 6.32. The second-order valence-electron chi connectivity index (χ2n) is 7.37. The predicted molar refractivity (Wildman–Crippen MR) is 134 cm³/mol. The third kappa shape index (κ3) is 6.81. The second kappa shape index (κ2) is 12.1. The second-order valence-corrected chi connectivity index (χ2v) is 7.78. The van der Waals surface area contributed by atoms with E-state index in [1.54, 1.807) is 6.92 Å². The van der Waals surface area contributed by atoms with Gasteiger partial charge in [-0.1, -0.05) is 41.9 Å². The van der Waals surface area contributed by atoms with Crippen LogP contribution in [0, 0.1) is 31.6 Å². The maximum Gasteiger partial charge on any atom is 0.318 e.